The Morgan fingerprint density at radius 2 is 2.25 bits per heavy atom. The van der Waals surface area contributed by atoms with Gasteiger partial charge in [-0.3, -0.25) is 0 Å². The third kappa shape index (κ3) is 5.16. The third-order valence-corrected chi connectivity index (χ3v) is 0.460. The lowest BCUT2D eigenvalue weighted by Gasteiger charge is -1.67. The maximum Gasteiger partial charge on any atom is 0.278 e. The van der Waals surface area contributed by atoms with Gasteiger partial charge in [-0.15, -0.1) is 0 Å². The largest absolute Gasteiger partial charge is 0.278 e. The molecule has 0 saturated heterocycles. The molecular weight excluding hydrogens is 110 g/mol. The van der Waals surface area contributed by atoms with Gasteiger partial charge in [0.1, 0.15) is 0 Å². The molecule has 0 aromatic rings. The van der Waals surface area contributed by atoms with E-state index in [0.717, 1.165) is 0 Å². The molecule has 44 valence electrons. The quantitative estimate of drug-likeness (QED) is 0.425. The van der Waals surface area contributed by atoms with E-state index < -0.39 is 6.08 Å². The van der Waals surface area contributed by atoms with E-state index in [9.17, 15) is 8.78 Å². The van der Waals surface area contributed by atoms with Crippen molar-refractivity contribution in [1.29, 1.82) is 0 Å². The first-order valence-electron chi connectivity index (χ1n) is 2.27. The molecule has 0 aliphatic heterocycles. The molecule has 0 aromatic heterocycles. The lowest BCUT2D eigenvalue weighted by molar-refractivity contribution is 0.422. The normalized spacial score (nSPS) is 6.88. The van der Waals surface area contributed by atoms with Gasteiger partial charge in [0.05, 0.1) is 6.08 Å². The first kappa shape index (κ1) is 7.16. The summed E-state index contributed by atoms with van der Waals surface area (Å²) in [5.74, 6) is 4.65. The Labute approximate surface area is 47.2 Å². The van der Waals surface area contributed by atoms with Crippen LogP contribution in [0, 0.1) is 11.8 Å². The zero-order valence-electron chi connectivity index (χ0n) is 4.54. The number of hydrogen-bond donors (Lipinski definition) is 0. The highest BCUT2D eigenvalue weighted by Gasteiger charge is 1.78. The van der Waals surface area contributed by atoms with Gasteiger partial charge in [0.2, 0.25) is 0 Å². The Bertz CT molecular complexity index is 132. The molecule has 0 fully saturated rings. The van der Waals surface area contributed by atoms with Crippen molar-refractivity contribution in [2.24, 2.45) is 0 Å². The van der Waals surface area contributed by atoms with Crippen molar-refractivity contribution < 1.29 is 8.78 Å². The second kappa shape index (κ2) is 4.32. The minimum Gasteiger partial charge on any atom is -0.173 e. The van der Waals surface area contributed by atoms with E-state index in [0.29, 0.717) is 12.5 Å². The Balaban J connectivity index is 3.57. The molecule has 0 nitrogen and oxygen atoms in total. The summed E-state index contributed by atoms with van der Waals surface area (Å²) < 4.78 is 22.2. The van der Waals surface area contributed by atoms with Gasteiger partial charge >= 0.3 is 0 Å². The SMILES string of the molecule is CCC#CC=C(F)F. The average molecular weight is 116 g/mol. The minimum atomic E-state index is -1.73. The second-order valence-corrected chi connectivity index (χ2v) is 1.11. The monoisotopic (exact) mass is 116 g/mol. The van der Waals surface area contributed by atoms with E-state index in [4.69, 9.17) is 0 Å². The van der Waals surface area contributed by atoms with Crippen LogP contribution in [0.3, 0.4) is 0 Å². The number of rotatable bonds is 0. The van der Waals surface area contributed by atoms with Crippen LogP contribution in [-0.4, -0.2) is 0 Å². The third-order valence-electron chi connectivity index (χ3n) is 0.460. The van der Waals surface area contributed by atoms with E-state index in [1.165, 1.54) is 0 Å². The first-order valence-corrected chi connectivity index (χ1v) is 2.27. The van der Waals surface area contributed by atoms with Crippen molar-refractivity contribution in [2.75, 3.05) is 0 Å². The van der Waals surface area contributed by atoms with E-state index in [-0.39, 0.29) is 0 Å². The Hall–Kier alpha value is -0.840. The lowest BCUT2D eigenvalue weighted by atomic mass is 10.5. The predicted octanol–water partition coefficient (Wildman–Crippen LogP) is 2.18. The fourth-order valence-corrected chi connectivity index (χ4v) is 0.208. The van der Waals surface area contributed by atoms with Gasteiger partial charge in [-0.2, -0.15) is 8.78 Å². The van der Waals surface area contributed by atoms with Crippen LogP contribution in [0.5, 0.6) is 0 Å². The lowest BCUT2D eigenvalue weighted by Crippen LogP contribution is -1.55. The minimum absolute atomic E-state index is 0.601. The van der Waals surface area contributed by atoms with Gasteiger partial charge in [0, 0.05) is 6.42 Å². The maximum absolute atomic E-state index is 11.1. The summed E-state index contributed by atoms with van der Waals surface area (Å²) in [6.07, 6.45) is -0.515. The molecule has 8 heavy (non-hydrogen) atoms. The van der Waals surface area contributed by atoms with Gasteiger partial charge in [-0.1, -0.05) is 18.8 Å². The van der Waals surface area contributed by atoms with E-state index >= 15 is 0 Å². The predicted molar refractivity (Wildman–Crippen MR) is 28.4 cm³/mol. The molecule has 0 aliphatic rings. The van der Waals surface area contributed by atoms with Crippen LogP contribution in [0.1, 0.15) is 13.3 Å². The maximum atomic E-state index is 11.1. The molecule has 0 radical (unpaired) electrons. The topological polar surface area (TPSA) is 0 Å². The van der Waals surface area contributed by atoms with Gasteiger partial charge in [-0.05, 0) is 0 Å². The first-order chi connectivity index (χ1) is 3.77. The van der Waals surface area contributed by atoms with Crippen molar-refractivity contribution in [3.05, 3.63) is 12.2 Å². The fraction of sp³-hybridized carbons (Fsp3) is 0.333. The Morgan fingerprint density at radius 1 is 1.62 bits per heavy atom. The summed E-state index contributed by atoms with van der Waals surface area (Å²) in [6, 6.07) is 0. The molecule has 0 N–H and O–H groups in total. The molecule has 0 spiro atoms. The molecule has 0 amide bonds. The van der Waals surface area contributed by atoms with Crippen molar-refractivity contribution in [3.63, 3.8) is 0 Å². The highest BCUT2D eigenvalue weighted by Crippen LogP contribution is 1.93. The highest BCUT2D eigenvalue weighted by atomic mass is 19.3. The van der Waals surface area contributed by atoms with Crippen LogP contribution < -0.4 is 0 Å². The molecule has 2 heteroatoms. The second-order valence-electron chi connectivity index (χ2n) is 1.11. The smallest absolute Gasteiger partial charge is 0.173 e. The fourth-order valence-electron chi connectivity index (χ4n) is 0.208. The zero-order chi connectivity index (χ0) is 6.41. The zero-order valence-corrected chi connectivity index (χ0v) is 4.54. The van der Waals surface area contributed by atoms with Crippen LogP contribution >= 0.6 is 0 Å². The molecule has 0 unspecified atom stereocenters. The van der Waals surface area contributed by atoms with Crippen LogP contribution in [-0.2, 0) is 0 Å². The van der Waals surface area contributed by atoms with Crippen molar-refractivity contribution in [1.82, 2.24) is 0 Å². The van der Waals surface area contributed by atoms with E-state index in [1.54, 1.807) is 6.92 Å². The summed E-state index contributed by atoms with van der Waals surface area (Å²) in [4.78, 5) is 0. The van der Waals surface area contributed by atoms with Gasteiger partial charge in [0.25, 0.3) is 6.08 Å². The van der Waals surface area contributed by atoms with Gasteiger partial charge in [-0.25, -0.2) is 0 Å². The average Bonchev–Trinajstić information content (AvgIpc) is 1.66. The van der Waals surface area contributed by atoms with Crippen LogP contribution in [0.15, 0.2) is 12.2 Å². The summed E-state index contributed by atoms with van der Waals surface area (Å²) in [7, 11) is 0. The van der Waals surface area contributed by atoms with E-state index in [2.05, 4.69) is 11.8 Å². The Morgan fingerprint density at radius 3 is 2.62 bits per heavy atom. The molecule has 0 aromatic carbocycles. The standard InChI is InChI=1S/C6H6F2/c1-2-3-4-5-6(7)8/h5H,2H2,1H3. The molecule has 0 aliphatic carbocycles. The van der Waals surface area contributed by atoms with Gasteiger partial charge in [0.15, 0.2) is 0 Å². The number of halogens is 2. The van der Waals surface area contributed by atoms with Crippen LogP contribution in [0.2, 0.25) is 0 Å². The van der Waals surface area contributed by atoms with Gasteiger partial charge < -0.3 is 0 Å². The molecule has 0 heterocycles. The van der Waals surface area contributed by atoms with Crippen molar-refractivity contribution in [2.45, 2.75) is 13.3 Å². The summed E-state index contributed by atoms with van der Waals surface area (Å²) >= 11 is 0. The van der Waals surface area contributed by atoms with Crippen LogP contribution in [0.4, 0.5) is 8.78 Å². The molecule has 0 bridgehead atoms. The number of hydrogen-bond acceptors (Lipinski definition) is 0. The molecular formula is C6H6F2. The molecule has 0 rings (SSSR count). The van der Waals surface area contributed by atoms with Crippen molar-refractivity contribution in [3.8, 4) is 11.8 Å². The van der Waals surface area contributed by atoms with Crippen LogP contribution in [0.25, 0.3) is 0 Å². The summed E-state index contributed by atoms with van der Waals surface area (Å²) in [5.41, 5.74) is 0. The van der Waals surface area contributed by atoms with Crippen molar-refractivity contribution >= 4 is 0 Å². The number of allylic oxidation sites excluding steroid dienone is 1. The molecule has 0 atom stereocenters. The summed E-state index contributed by atoms with van der Waals surface area (Å²) in [6.45, 7) is 1.80. The highest BCUT2D eigenvalue weighted by molar-refractivity contribution is 5.14. The summed E-state index contributed by atoms with van der Waals surface area (Å²) in [5, 5.41) is 0. The van der Waals surface area contributed by atoms with E-state index in [1.807, 2.05) is 0 Å². The molecule has 0 saturated carbocycles. The Kier molecular flexibility index (Phi) is 3.87.